The standard InChI is InChI=1S/C25H30N8O5S/c1-15-13-26-23(27-14-15)22(38-5)16(2)39(34,35)31-25-29-28-24(18-12-17-8-7-11-32(17)30-18)33(25)21-19(36-3)9-6-10-20(21)37-4/h6,9-10,12-14,16,22H,7-8,11H2,1-5H3,(H,29,31)/t16-,22-/m0/s1. The highest BCUT2D eigenvalue weighted by atomic mass is 32.2. The van der Waals surface area contributed by atoms with E-state index in [-0.39, 0.29) is 11.8 Å². The van der Waals surface area contributed by atoms with E-state index < -0.39 is 21.4 Å². The number of nitrogens with one attached hydrogen (secondary N) is 1. The molecule has 1 N–H and O–H groups in total. The van der Waals surface area contributed by atoms with Crippen molar-refractivity contribution in [3.05, 3.63) is 53.7 Å². The van der Waals surface area contributed by atoms with Gasteiger partial charge in [0.2, 0.25) is 16.0 Å². The van der Waals surface area contributed by atoms with Gasteiger partial charge in [0.1, 0.15) is 34.2 Å². The Morgan fingerprint density at radius 2 is 1.74 bits per heavy atom. The minimum absolute atomic E-state index is 0.0625. The van der Waals surface area contributed by atoms with Gasteiger partial charge in [-0.15, -0.1) is 10.2 Å². The average molecular weight is 555 g/mol. The molecule has 1 aromatic carbocycles. The average Bonchev–Trinajstić information content (AvgIpc) is 3.64. The number of ether oxygens (including phenoxy) is 3. The predicted octanol–water partition coefficient (Wildman–Crippen LogP) is 2.71. The second-order valence-corrected chi connectivity index (χ2v) is 11.2. The lowest BCUT2D eigenvalue weighted by molar-refractivity contribution is 0.0949. The quantitative estimate of drug-likeness (QED) is 0.310. The van der Waals surface area contributed by atoms with Gasteiger partial charge in [0, 0.05) is 31.7 Å². The maximum atomic E-state index is 13.7. The number of anilines is 1. The zero-order valence-corrected chi connectivity index (χ0v) is 23.1. The van der Waals surface area contributed by atoms with Gasteiger partial charge in [-0.2, -0.15) is 5.10 Å². The Morgan fingerprint density at radius 3 is 2.36 bits per heavy atom. The number of para-hydroxylation sites is 1. The number of hydrogen-bond acceptors (Lipinski definition) is 10. The van der Waals surface area contributed by atoms with Crippen LogP contribution in [0.3, 0.4) is 0 Å². The molecule has 3 aromatic heterocycles. The molecule has 4 aromatic rings. The molecule has 5 rings (SSSR count). The number of rotatable bonds is 10. The van der Waals surface area contributed by atoms with Crippen LogP contribution in [0.5, 0.6) is 11.5 Å². The first kappa shape index (κ1) is 26.6. The van der Waals surface area contributed by atoms with E-state index in [9.17, 15) is 8.42 Å². The van der Waals surface area contributed by atoms with Crippen LogP contribution < -0.4 is 14.2 Å². The number of aromatic nitrogens is 7. The second kappa shape index (κ2) is 10.6. The third-order valence-electron chi connectivity index (χ3n) is 6.64. The monoisotopic (exact) mass is 554 g/mol. The van der Waals surface area contributed by atoms with Crippen LogP contribution in [0.1, 0.15) is 36.5 Å². The Labute approximate surface area is 226 Å². The second-order valence-electron chi connectivity index (χ2n) is 9.17. The molecule has 0 radical (unpaired) electrons. The SMILES string of the molecule is COc1cccc(OC)c1-n1c(NS(=O)(=O)[C@@H](C)[C@H](OC)c2ncc(C)cn2)nnc1-c1cc2n(n1)CCC2. The maximum Gasteiger partial charge on any atom is 0.243 e. The van der Waals surface area contributed by atoms with Crippen molar-refractivity contribution in [2.45, 2.75) is 44.6 Å². The summed E-state index contributed by atoms with van der Waals surface area (Å²) in [6, 6.07) is 7.19. The summed E-state index contributed by atoms with van der Waals surface area (Å²) >= 11 is 0. The molecule has 14 heteroatoms. The van der Waals surface area contributed by atoms with E-state index in [1.165, 1.54) is 28.3 Å². The molecule has 0 bridgehead atoms. The molecule has 0 unspecified atom stereocenters. The molecule has 4 heterocycles. The topological polar surface area (TPSA) is 148 Å². The van der Waals surface area contributed by atoms with Crippen molar-refractivity contribution in [3.63, 3.8) is 0 Å². The van der Waals surface area contributed by atoms with Crippen LogP contribution in [0, 0.1) is 6.92 Å². The van der Waals surface area contributed by atoms with Gasteiger partial charge in [-0.25, -0.2) is 18.4 Å². The minimum atomic E-state index is -4.10. The van der Waals surface area contributed by atoms with Crippen molar-refractivity contribution in [1.82, 2.24) is 34.5 Å². The maximum absolute atomic E-state index is 13.7. The molecule has 0 fully saturated rings. The molecule has 0 saturated heterocycles. The van der Waals surface area contributed by atoms with Crippen molar-refractivity contribution in [2.24, 2.45) is 0 Å². The van der Waals surface area contributed by atoms with Crippen LogP contribution in [0.2, 0.25) is 0 Å². The van der Waals surface area contributed by atoms with E-state index in [0.29, 0.717) is 28.7 Å². The van der Waals surface area contributed by atoms with Gasteiger partial charge in [0.05, 0.1) is 14.2 Å². The smallest absolute Gasteiger partial charge is 0.243 e. The first-order valence-electron chi connectivity index (χ1n) is 12.3. The lowest BCUT2D eigenvalue weighted by Crippen LogP contribution is -2.33. The number of sulfonamides is 1. The van der Waals surface area contributed by atoms with Gasteiger partial charge in [-0.1, -0.05) is 6.07 Å². The minimum Gasteiger partial charge on any atom is -0.494 e. The summed E-state index contributed by atoms with van der Waals surface area (Å²) in [5, 5.41) is 12.2. The molecular formula is C25H30N8O5S. The highest BCUT2D eigenvalue weighted by Gasteiger charge is 2.35. The third kappa shape index (κ3) is 4.92. The number of aryl methyl sites for hydroxylation is 3. The predicted molar refractivity (Wildman–Crippen MR) is 143 cm³/mol. The summed E-state index contributed by atoms with van der Waals surface area (Å²) < 4.78 is 50.2. The summed E-state index contributed by atoms with van der Waals surface area (Å²) in [4.78, 5) is 8.53. The van der Waals surface area contributed by atoms with Gasteiger partial charge in [0.25, 0.3) is 0 Å². The number of methoxy groups -OCH3 is 3. The molecule has 0 saturated carbocycles. The van der Waals surface area contributed by atoms with Crippen LogP contribution in [0.4, 0.5) is 5.95 Å². The summed E-state index contributed by atoms with van der Waals surface area (Å²) in [6.07, 6.45) is 4.20. The molecular weight excluding hydrogens is 524 g/mol. The van der Waals surface area contributed by atoms with E-state index in [1.807, 2.05) is 17.7 Å². The summed E-state index contributed by atoms with van der Waals surface area (Å²) in [6.45, 7) is 4.17. The van der Waals surface area contributed by atoms with Crippen LogP contribution in [-0.2, 0) is 27.7 Å². The Kier molecular flexibility index (Phi) is 7.23. The van der Waals surface area contributed by atoms with E-state index in [2.05, 4.69) is 30.0 Å². The van der Waals surface area contributed by atoms with Gasteiger partial charge in [-0.3, -0.25) is 14.0 Å². The fourth-order valence-electron chi connectivity index (χ4n) is 4.59. The van der Waals surface area contributed by atoms with Crippen molar-refractivity contribution < 1.29 is 22.6 Å². The van der Waals surface area contributed by atoms with Crippen LogP contribution >= 0.6 is 0 Å². The van der Waals surface area contributed by atoms with Gasteiger partial charge in [0.15, 0.2) is 11.6 Å². The van der Waals surface area contributed by atoms with Crippen LogP contribution in [-0.4, -0.2) is 69.5 Å². The molecule has 0 amide bonds. The van der Waals surface area contributed by atoms with Crippen molar-refractivity contribution in [3.8, 4) is 28.7 Å². The number of nitrogens with zero attached hydrogens (tertiary/aromatic N) is 7. The number of fused-ring (bicyclic) bond motifs is 1. The molecule has 2 atom stereocenters. The summed E-state index contributed by atoms with van der Waals surface area (Å²) in [7, 11) is 0.347. The molecule has 0 aliphatic carbocycles. The lowest BCUT2D eigenvalue weighted by atomic mass is 10.2. The Morgan fingerprint density at radius 1 is 1.05 bits per heavy atom. The zero-order valence-electron chi connectivity index (χ0n) is 22.3. The van der Waals surface area contributed by atoms with E-state index >= 15 is 0 Å². The van der Waals surface area contributed by atoms with E-state index in [0.717, 1.165) is 30.6 Å². The largest absolute Gasteiger partial charge is 0.494 e. The highest BCUT2D eigenvalue weighted by Crippen LogP contribution is 2.38. The van der Waals surface area contributed by atoms with Crippen molar-refractivity contribution >= 4 is 16.0 Å². The molecule has 1 aliphatic heterocycles. The fourth-order valence-corrected chi connectivity index (χ4v) is 5.72. The van der Waals surface area contributed by atoms with Crippen molar-refractivity contribution in [1.29, 1.82) is 0 Å². The number of benzene rings is 1. The number of hydrogen-bond donors (Lipinski definition) is 1. The van der Waals surface area contributed by atoms with Crippen LogP contribution in [0.15, 0.2) is 36.7 Å². The molecule has 13 nitrogen and oxygen atoms in total. The van der Waals surface area contributed by atoms with Crippen LogP contribution in [0.25, 0.3) is 17.2 Å². The normalized spacial score (nSPS) is 14.6. The van der Waals surface area contributed by atoms with Gasteiger partial charge in [-0.05, 0) is 50.5 Å². The molecule has 0 spiro atoms. The summed E-state index contributed by atoms with van der Waals surface area (Å²) in [5.74, 6) is 1.38. The first-order chi connectivity index (χ1) is 18.8. The Bertz CT molecular complexity index is 1540. The van der Waals surface area contributed by atoms with Gasteiger partial charge < -0.3 is 14.2 Å². The Hall–Kier alpha value is -4.04. The first-order valence-corrected chi connectivity index (χ1v) is 13.9. The third-order valence-corrected chi connectivity index (χ3v) is 8.34. The zero-order chi connectivity index (χ0) is 27.7. The van der Waals surface area contributed by atoms with Crippen molar-refractivity contribution in [2.75, 3.05) is 26.1 Å². The molecule has 39 heavy (non-hydrogen) atoms. The van der Waals surface area contributed by atoms with E-state index in [4.69, 9.17) is 14.2 Å². The fraction of sp³-hybridized carbons (Fsp3) is 0.400. The van der Waals surface area contributed by atoms with Gasteiger partial charge >= 0.3 is 0 Å². The lowest BCUT2D eigenvalue weighted by Gasteiger charge is -2.22. The highest BCUT2D eigenvalue weighted by molar-refractivity contribution is 7.93. The van der Waals surface area contributed by atoms with E-state index in [1.54, 1.807) is 35.2 Å². The summed E-state index contributed by atoms with van der Waals surface area (Å²) in [5.41, 5.74) is 2.89. The Balaban J connectivity index is 1.61. The molecule has 1 aliphatic rings. The molecule has 206 valence electrons.